The number of aromatic carboxylic acids is 1. The van der Waals surface area contributed by atoms with Crippen LogP contribution in [0, 0.1) is 0 Å². The lowest BCUT2D eigenvalue weighted by molar-refractivity contribution is 0.0691. The molecule has 4 N–H and O–H groups in total. The molecule has 27 heavy (non-hydrogen) atoms. The van der Waals surface area contributed by atoms with E-state index in [1.807, 2.05) is 6.07 Å². The van der Waals surface area contributed by atoms with Crippen molar-refractivity contribution in [3.8, 4) is 5.75 Å². The van der Waals surface area contributed by atoms with Crippen molar-refractivity contribution in [2.45, 2.75) is 18.9 Å². The van der Waals surface area contributed by atoms with Crippen LogP contribution in [0.4, 0.5) is 11.7 Å². The molecule has 1 saturated heterocycles. The first kappa shape index (κ1) is 17.3. The van der Waals surface area contributed by atoms with E-state index < -0.39 is 11.7 Å². The highest BCUT2D eigenvalue weighted by Gasteiger charge is 2.28. The lowest BCUT2D eigenvalue weighted by atomic mass is 10.1. The van der Waals surface area contributed by atoms with E-state index in [0.717, 1.165) is 5.56 Å². The third-order valence-electron chi connectivity index (χ3n) is 4.56. The number of nitrogens with zero attached hydrogens (tertiary/aromatic N) is 3. The Hall–Kier alpha value is -3.17. The second-order valence-electron chi connectivity index (χ2n) is 6.39. The fourth-order valence-corrected chi connectivity index (χ4v) is 3.12. The van der Waals surface area contributed by atoms with Crippen molar-refractivity contribution in [3.63, 3.8) is 0 Å². The molecule has 1 fully saturated rings. The normalized spacial score (nSPS) is 18.8. The van der Waals surface area contributed by atoms with Gasteiger partial charge in [-0.15, -0.1) is 0 Å². The minimum absolute atomic E-state index is 0.0186. The molecule has 2 aromatic rings. The average molecular weight is 370 g/mol. The van der Waals surface area contributed by atoms with Gasteiger partial charge in [0.1, 0.15) is 0 Å². The summed E-state index contributed by atoms with van der Waals surface area (Å²) in [6, 6.07) is 3.60. The van der Waals surface area contributed by atoms with E-state index in [4.69, 9.17) is 4.42 Å². The molecule has 0 saturated carbocycles. The maximum Gasteiger partial charge on any atom is 0.345 e. The van der Waals surface area contributed by atoms with Crippen LogP contribution < -0.4 is 5.43 Å². The highest BCUT2D eigenvalue weighted by molar-refractivity contribution is 6.21. The number of aliphatic imine (C=N–C) groups is 1. The van der Waals surface area contributed by atoms with Gasteiger partial charge in [0.05, 0.1) is 6.10 Å². The van der Waals surface area contributed by atoms with Gasteiger partial charge in [-0.1, -0.05) is 0 Å². The molecule has 2 aliphatic rings. The number of fused-ring (bicyclic) bond motifs is 1. The van der Waals surface area contributed by atoms with Gasteiger partial charge in [-0.05, 0) is 31.1 Å². The van der Waals surface area contributed by atoms with Gasteiger partial charge in [0, 0.05) is 36.6 Å². The van der Waals surface area contributed by atoms with Crippen molar-refractivity contribution < 1.29 is 24.5 Å². The molecule has 9 nitrogen and oxygen atoms in total. The third kappa shape index (κ3) is 3.29. The van der Waals surface area contributed by atoms with Crippen molar-refractivity contribution >= 4 is 35.5 Å². The number of hydrazine groups is 1. The largest absolute Gasteiger partial charge is 0.504 e. The van der Waals surface area contributed by atoms with Crippen LogP contribution in [0.3, 0.4) is 0 Å². The topological polar surface area (TPSA) is 131 Å². The molecule has 0 spiro atoms. The number of carboxylic acid groups (broad SMARTS) is 1. The highest BCUT2D eigenvalue weighted by Crippen LogP contribution is 2.38. The molecule has 0 unspecified atom stereocenters. The van der Waals surface area contributed by atoms with Crippen molar-refractivity contribution in [1.29, 1.82) is 0 Å². The van der Waals surface area contributed by atoms with Crippen molar-refractivity contribution in [3.05, 3.63) is 35.2 Å². The summed E-state index contributed by atoms with van der Waals surface area (Å²) < 4.78 is 5.61. The Kier molecular flexibility index (Phi) is 4.38. The first-order valence-electron chi connectivity index (χ1n) is 8.53. The number of aliphatic hydroxyl groups is 1. The maximum absolute atomic E-state index is 11.6. The van der Waals surface area contributed by atoms with Gasteiger partial charge in [0.15, 0.2) is 22.9 Å². The van der Waals surface area contributed by atoms with Gasteiger partial charge in [-0.25, -0.2) is 19.8 Å². The van der Waals surface area contributed by atoms with Crippen LogP contribution in [0.15, 0.2) is 27.7 Å². The summed E-state index contributed by atoms with van der Waals surface area (Å²) in [6.07, 6.45) is 5.52. The summed E-state index contributed by atoms with van der Waals surface area (Å²) >= 11 is 0. The van der Waals surface area contributed by atoms with Gasteiger partial charge in [0.25, 0.3) is 0 Å². The minimum atomic E-state index is -1.30. The molecule has 0 radical (unpaired) electrons. The molecule has 4 rings (SSSR count). The number of aliphatic hydroxyl groups excluding tert-OH is 1. The molecule has 2 aliphatic heterocycles. The van der Waals surface area contributed by atoms with Crippen LogP contribution in [-0.2, 0) is 0 Å². The summed E-state index contributed by atoms with van der Waals surface area (Å²) in [5.74, 6) is -1.24. The van der Waals surface area contributed by atoms with E-state index >= 15 is 0 Å². The predicted molar refractivity (Wildman–Crippen MR) is 98.0 cm³/mol. The number of pyridine rings is 1. The monoisotopic (exact) mass is 370 g/mol. The van der Waals surface area contributed by atoms with Gasteiger partial charge < -0.3 is 19.7 Å². The number of hydrogen-bond acceptors (Lipinski definition) is 8. The maximum atomic E-state index is 11.6. The van der Waals surface area contributed by atoms with Crippen LogP contribution in [-0.4, -0.2) is 56.7 Å². The lowest BCUT2D eigenvalue weighted by Crippen LogP contribution is -2.39. The van der Waals surface area contributed by atoms with E-state index in [1.54, 1.807) is 23.5 Å². The van der Waals surface area contributed by atoms with Gasteiger partial charge in [-0.2, -0.15) is 0 Å². The molecular formula is C18H18N4O5. The average Bonchev–Trinajstić information content (AvgIpc) is 3.19. The smallest absolute Gasteiger partial charge is 0.345 e. The number of aromatic nitrogens is 1. The van der Waals surface area contributed by atoms with Gasteiger partial charge in [0.2, 0.25) is 5.88 Å². The number of allylic oxidation sites excluding steroid dienone is 1. The summed E-state index contributed by atoms with van der Waals surface area (Å²) in [5, 5.41) is 31.2. The Morgan fingerprint density at radius 3 is 2.89 bits per heavy atom. The van der Waals surface area contributed by atoms with E-state index in [1.165, 1.54) is 6.08 Å². The minimum Gasteiger partial charge on any atom is -0.504 e. The molecule has 0 amide bonds. The van der Waals surface area contributed by atoms with Gasteiger partial charge in [-0.3, -0.25) is 5.43 Å². The number of carboxylic acids is 1. The Morgan fingerprint density at radius 2 is 2.15 bits per heavy atom. The van der Waals surface area contributed by atoms with Crippen molar-refractivity contribution in [1.82, 2.24) is 9.99 Å². The first-order valence-corrected chi connectivity index (χ1v) is 8.53. The first-order chi connectivity index (χ1) is 13.0. The van der Waals surface area contributed by atoms with E-state index in [9.17, 15) is 20.1 Å². The molecule has 140 valence electrons. The highest BCUT2D eigenvalue weighted by atomic mass is 16.4. The second kappa shape index (κ2) is 6.86. The Bertz CT molecular complexity index is 941. The van der Waals surface area contributed by atoms with Crippen LogP contribution in [0.25, 0.3) is 11.6 Å². The van der Waals surface area contributed by atoms with E-state index in [2.05, 4.69) is 15.4 Å². The molecule has 0 atom stereocenters. The van der Waals surface area contributed by atoms with Crippen LogP contribution in [0.2, 0.25) is 0 Å². The van der Waals surface area contributed by atoms with Crippen LogP contribution in [0.1, 0.15) is 34.5 Å². The number of furan rings is 1. The zero-order valence-electron chi connectivity index (χ0n) is 14.3. The number of nitrogens with one attached hydrogen (secondary N) is 1. The SMILES string of the molecule is O=C(O)c1c(NN2CCC(O)CC2)oc(C=C2C=Nc3ncccc32)c1O. The van der Waals surface area contributed by atoms with Crippen LogP contribution >= 0.6 is 0 Å². The lowest BCUT2D eigenvalue weighted by Gasteiger charge is -2.29. The third-order valence-corrected chi connectivity index (χ3v) is 4.56. The second-order valence-corrected chi connectivity index (χ2v) is 6.39. The zero-order chi connectivity index (χ0) is 19.0. The molecular weight excluding hydrogens is 352 g/mol. The molecule has 4 heterocycles. The van der Waals surface area contributed by atoms with Crippen LogP contribution in [0.5, 0.6) is 5.75 Å². The predicted octanol–water partition coefficient (Wildman–Crippen LogP) is 2.12. The van der Waals surface area contributed by atoms with E-state index in [0.29, 0.717) is 37.3 Å². The number of piperidine rings is 1. The molecule has 2 aromatic heterocycles. The summed E-state index contributed by atoms with van der Waals surface area (Å²) in [6.45, 7) is 1.06. The number of anilines is 1. The Morgan fingerprint density at radius 1 is 1.37 bits per heavy atom. The Balaban J connectivity index is 1.66. The molecule has 0 aromatic carbocycles. The Labute approximate surface area is 154 Å². The number of hydrogen-bond donors (Lipinski definition) is 4. The fraction of sp³-hybridized carbons (Fsp3) is 0.278. The quantitative estimate of drug-likeness (QED) is 0.643. The number of rotatable bonds is 4. The summed E-state index contributed by atoms with van der Waals surface area (Å²) in [5.41, 5.74) is 3.98. The standard InChI is InChI=1S/C18H18N4O5/c23-11-3-6-22(7-4-11)21-17-14(18(25)26)15(24)13(27-17)8-10-9-20-16-12(10)2-1-5-19-16/h1-2,5,8-9,11,21,23-24H,3-4,6-7H2,(H,25,26). The van der Waals surface area contributed by atoms with E-state index in [-0.39, 0.29) is 23.3 Å². The summed E-state index contributed by atoms with van der Waals surface area (Å²) in [7, 11) is 0. The molecule has 0 bridgehead atoms. The zero-order valence-corrected chi connectivity index (χ0v) is 14.3. The van der Waals surface area contributed by atoms with Crippen molar-refractivity contribution in [2.24, 2.45) is 4.99 Å². The summed E-state index contributed by atoms with van der Waals surface area (Å²) in [4.78, 5) is 19.9. The molecule has 0 aliphatic carbocycles. The number of aromatic hydroxyl groups is 1. The molecule has 9 heteroatoms. The number of carbonyl (C=O) groups is 1. The fourth-order valence-electron chi connectivity index (χ4n) is 3.12. The van der Waals surface area contributed by atoms with Crippen molar-refractivity contribution in [2.75, 3.05) is 18.5 Å². The van der Waals surface area contributed by atoms with Gasteiger partial charge >= 0.3 is 5.97 Å².